The molecule has 0 saturated heterocycles. The minimum Gasteiger partial charge on any atom is -0.465 e. The van der Waals surface area contributed by atoms with Crippen LogP contribution in [-0.4, -0.2) is 36.6 Å². The molecule has 0 aliphatic heterocycles. The number of amides is 1. The smallest absolute Gasteiger partial charge is 0.339 e. The largest absolute Gasteiger partial charge is 0.465 e. The van der Waals surface area contributed by atoms with E-state index in [0.29, 0.717) is 36.1 Å². The zero-order chi connectivity index (χ0) is 15.2. The predicted octanol–water partition coefficient (Wildman–Crippen LogP) is 1.65. The molecule has 2 rings (SSSR count). The lowest BCUT2D eigenvalue weighted by Crippen LogP contribution is -2.25. The van der Waals surface area contributed by atoms with Crippen LogP contribution in [0.1, 0.15) is 41.7 Å². The van der Waals surface area contributed by atoms with E-state index in [9.17, 15) is 9.59 Å². The van der Waals surface area contributed by atoms with Gasteiger partial charge in [-0.2, -0.15) is 0 Å². The second kappa shape index (κ2) is 7.06. The molecule has 0 atom stereocenters. The summed E-state index contributed by atoms with van der Waals surface area (Å²) >= 11 is 0. The van der Waals surface area contributed by atoms with Gasteiger partial charge in [0.2, 0.25) is 5.91 Å². The van der Waals surface area contributed by atoms with Gasteiger partial charge in [-0.3, -0.25) is 4.79 Å². The molecule has 1 heterocycles. The quantitative estimate of drug-likeness (QED) is 0.590. The molecule has 1 saturated carbocycles. The predicted molar refractivity (Wildman–Crippen MR) is 79.2 cm³/mol. The van der Waals surface area contributed by atoms with Gasteiger partial charge in [0.1, 0.15) is 5.82 Å². The van der Waals surface area contributed by atoms with E-state index in [1.165, 1.54) is 7.11 Å². The first-order valence-corrected chi connectivity index (χ1v) is 7.19. The van der Waals surface area contributed by atoms with Crippen molar-refractivity contribution in [1.82, 2.24) is 10.3 Å². The summed E-state index contributed by atoms with van der Waals surface area (Å²) in [6.45, 7) is 2.43. The molecule has 1 fully saturated rings. The molecule has 0 aromatic carbocycles. The lowest BCUT2D eigenvalue weighted by Gasteiger charge is -2.08. The van der Waals surface area contributed by atoms with E-state index >= 15 is 0 Å². The van der Waals surface area contributed by atoms with Crippen molar-refractivity contribution in [2.45, 2.75) is 38.6 Å². The van der Waals surface area contributed by atoms with Gasteiger partial charge in [0.05, 0.1) is 18.4 Å². The molecule has 6 heteroatoms. The van der Waals surface area contributed by atoms with Crippen LogP contribution in [0.15, 0.2) is 12.1 Å². The Hall–Kier alpha value is -2.11. The average molecular weight is 291 g/mol. The summed E-state index contributed by atoms with van der Waals surface area (Å²) in [5.41, 5.74) is 1.09. The normalized spacial score (nSPS) is 13.6. The fraction of sp³-hybridized carbons (Fsp3) is 0.533. The summed E-state index contributed by atoms with van der Waals surface area (Å²) in [6, 6.07) is 3.85. The third-order valence-electron chi connectivity index (χ3n) is 3.32. The van der Waals surface area contributed by atoms with Gasteiger partial charge in [-0.15, -0.1) is 0 Å². The Morgan fingerprint density at radius 3 is 2.76 bits per heavy atom. The van der Waals surface area contributed by atoms with E-state index < -0.39 is 0 Å². The number of aryl methyl sites for hydroxylation is 1. The van der Waals surface area contributed by atoms with E-state index in [2.05, 4.69) is 20.4 Å². The van der Waals surface area contributed by atoms with Gasteiger partial charge < -0.3 is 15.4 Å². The Kier molecular flexibility index (Phi) is 5.14. The van der Waals surface area contributed by atoms with Crippen molar-refractivity contribution in [3.05, 3.63) is 23.4 Å². The van der Waals surface area contributed by atoms with Crippen molar-refractivity contribution in [3.8, 4) is 0 Å². The lowest BCUT2D eigenvalue weighted by atomic mass is 10.2. The first kappa shape index (κ1) is 15.3. The molecule has 1 aromatic rings. The fourth-order valence-electron chi connectivity index (χ4n) is 1.98. The highest BCUT2D eigenvalue weighted by atomic mass is 16.5. The third kappa shape index (κ3) is 4.73. The van der Waals surface area contributed by atoms with Gasteiger partial charge in [-0.25, -0.2) is 9.78 Å². The average Bonchev–Trinajstić information content (AvgIpc) is 3.27. The minimum atomic E-state index is -0.386. The fourth-order valence-corrected chi connectivity index (χ4v) is 1.98. The van der Waals surface area contributed by atoms with Crippen LogP contribution >= 0.6 is 0 Å². The monoisotopic (exact) mass is 291 g/mol. The molecule has 0 spiro atoms. The van der Waals surface area contributed by atoms with Crippen LogP contribution in [0.4, 0.5) is 5.82 Å². The van der Waals surface area contributed by atoms with Crippen LogP contribution in [0.2, 0.25) is 0 Å². The maximum Gasteiger partial charge on any atom is 0.339 e. The summed E-state index contributed by atoms with van der Waals surface area (Å²) in [5.74, 6) is 0.426. The topological polar surface area (TPSA) is 80.3 Å². The van der Waals surface area contributed by atoms with Crippen LogP contribution in [0.3, 0.4) is 0 Å². The molecule has 0 unspecified atom stereocenters. The Bertz CT molecular complexity index is 527. The van der Waals surface area contributed by atoms with Crippen LogP contribution in [-0.2, 0) is 9.53 Å². The summed E-state index contributed by atoms with van der Waals surface area (Å²) in [6.07, 6.45) is 3.49. The highest BCUT2D eigenvalue weighted by Gasteiger charge is 2.22. The second-order valence-electron chi connectivity index (χ2n) is 5.19. The minimum absolute atomic E-state index is 0.115. The third-order valence-corrected chi connectivity index (χ3v) is 3.32. The van der Waals surface area contributed by atoms with Gasteiger partial charge in [0.25, 0.3) is 0 Å². The number of ether oxygens (including phenoxy) is 1. The Morgan fingerprint density at radius 2 is 2.14 bits per heavy atom. The second-order valence-corrected chi connectivity index (χ2v) is 5.19. The number of nitrogens with one attached hydrogen (secondary N) is 2. The molecular formula is C15H21N3O3. The molecule has 1 aliphatic rings. The van der Waals surface area contributed by atoms with Crippen LogP contribution < -0.4 is 10.6 Å². The lowest BCUT2D eigenvalue weighted by molar-refractivity contribution is -0.121. The van der Waals surface area contributed by atoms with Crippen molar-refractivity contribution in [3.63, 3.8) is 0 Å². The first-order chi connectivity index (χ1) is 10.1. The number of anilines is 1. The number of hydrogen-bond donors (Lipinski definition) is 2. The number of aromatic nitrogens is 1. The standard InChI is InChI=1S/C15H21N3O3/c1-10-12(15(20)21-2)7-8-13(17-10)16-9-3-4-14(19)18-11-5-6-11/h7-8,11H,3-6,9H2,1-2H3,(H,16,17)(H,18,19). The number of methoxy groups -OCH3 is 1. The molecule has 6 nitrogen and oxygen atoms in total. The van der Waals surface area contributed by atoms with E-state index in [1.54, 1.807) is 19.1 Å². The zero-order valence-electron chi connectivity index (χ0n) is 12.4. The molecule has 1 amide bonds. The van der Waals surface area contributed by atoms with Gasteiger partial charge in [-0.1, -0.05) is 0 Å². The zero-order valence-corrected chi connectivity index (χ0v) is 12.4. The molecule has 0 bridgehead atoms. The maximum absolute atomic E-state index is 11.5. The Morgan fingerprint density at radius 1 is 1.38 bits per heavy atom. The van der Waals surface area contributed by atoms with Gasteiger partial charge in [0.15, 0.2) is 0 Å². The first-order valence-electron chi connectivity index (χ1n) is 7.19. The van der Waals surface area contributed by atoms with Gasteiger partial charge in [0, 0.05) is 19.0 Å². The summed E-state index contributed by atoms with van der Waals surface area (Å²) in [4.78, 5) is 27.3. The molecule has 1 aliphatic carbocycles. The van der Waals surface area contributed by atoms with Crippen LogP contribution in [0, 0.1) is 6.92 Å². The molecule has 1 aromatic heterocycles. The maximum atomic E-state index is 11.5. The van der Waals surface area contributed by atoms with E-state index in [4.69, 9.17) is 0 Å². The van der Waals surface area contributed by atoms with Gasteiger partial charge in [-0.05, 0) is 38.3 Å². The van der Waals surface area contributed by atoms with Crippen molar-refractivity contribution < 1.29 is 14.3 Å². The Labute approximate surface area is 124 Å². The van der Waals surface area contributed by atoms with Crippen LogP contribution in [0.25, 0.3) is 0 Å². The SMILES string of the molecule is COC(=O)c1ccc(NCCCC(=O)NC2CC2)nc1C. The molecular weight excluding hydrogens is 270 g/mol. The summed E-state index contributed by atoms with van der Waals surface area (Å²) in [5, 5.41) is 6.11. The Balaban J connectivity index is 1.74. The van der Waals surface area contributed by atoms with Gasteiger partial charge >= 0.3 is 5.97 Å². The number of rotatable bonds is 7. The molecule has 2 N–H and O–H groups in total. The highest BCUT2D eigenvalue weighted by molar-refractivity contribution is 5.90. The van der Waals surface area contributed by atoms with Crippen molar-refractivity contribution in [2.24, 2.45) is 0 Å². The molecule has 0 radical (unpaired) electrons. The van der Waals surface area contributed by atoms with Crippen molar-refractivity contribution in [1.29, 1.82) is 0 Å². The van der Waals surface area contributed by atoms with E-state index in [1.807, 2.05) is 0 Å². The summed E-state index contributed by atoms with van der Waals surface area (Å²) in [7, 11) is 1.35. The van der Waals surface area contributed by atoms with E-state index in [0.717, 1.165) is 19.3 Å². The number of pyridine rings is 1. The number of nitrogens with zero attached hydrogens (tertiary/aromatic N) is 1. The van der Waals surface area contributed by atoms with Crippen molar-refractivity contribution in [2.75, 3.05) is 19.0 Å². The molecule has 21 heavy (non-hydrogen) atoms. The summed E-state index contributed by atoms with van der Waals surface area (Å²) < 4.78 is 4.67. The van der Waals surface area contributed by atoms with Crippen LogP contribution in [0.5, 0.6) is 0 Å². The molecule has 114 valence electrons. The number of esters is 1. The highest BCUT2D eigenvalue weighted by Crippen LogP contribution is 2.18. The number of hydrogen-bond acceptors (Lipinski definition) is 5. The van der Waals surface area contributed by atoms with Crippen molar-refractivity contribution >= 4 is 17.7 Å². The van der Waals surface area contributed by atoms with E-state index in [-0.39, 0.29) is 11.9 Å². The number of carbonyl (C=O) groups excluding carboxylic acids is 2. The number of carbonyl (C=O) groups is 2.